The predicted octanol–water partition coefficient (Wildman–Crippen LogP) is 4.88. The van der Waals surface area contributed by atoms with Crippen molar-refractivity contribution in [2.45, 2.75) is 38.6 Å². The van der Waals surface area contributed by atoms with Crippen LogP contribution in [0.3, 0.4) is 0 Å². The van der Waals surface area contributed by atoms with E-state index in [-0.39, 0.29) is 24.6 Å². The molecule has 2 amide bonds. The Hall–Kier alpha value is -4.19. The maximum atomic E-state index is 13.7. The number of rotatable bonds is 10. The van der Waals surface area contributed by atoms with E-state index in [1.165, 1.54) is 4.90 Å². The smallest absolute Gasteiger partial charge is 0.356 e. The van der Waals surface area contributed by atoms with Gasteiger partial charge in [-0.15, -0.1) is 0 Å². The minimum Gasteiger partial charge on any atom is -0.448 e. The number of benzene rings is 3. The number of β-lactam (4-membered cyclic amide) rings is 1. The number of esters is 1. The van der Waals surface area contributed by atoms with Crippen LogP contribution in [0.2, 0.25) is 0 Å². The van der Waals surface area contributed by atoms with Gasteiger partial charge in [0.15, 0.2) is 18.4 Å². The lowest BCUT2D eigenvalue weighted by Crippen LogP contribution is -2.71. The molecule has 0 radical (unpaired) electrons. The predicted molar refractivity (Wildman–Crippen MR) is 155 cm³/mol. The summed E-state index contributed by atoms with van der Waals surface area (Å²) in [4.78, 5) is 43.7. The van der Waals surface area contributed by atoms with Crippen molar-refractivity contribution < 1.29 is 23.9 Å². The summed E-state index contributed by atoms with van der Waals surface area (Å²) in [7, 11) is 0. The summed E-state index contributed by atoms with van der Waals surface area (Å²) >= 11 is 3.03. The highest BCUT2D eigenvalue weighted by molar-refractivity contribution is 9.12. The zero-order chi connectivity index (χ0) is 28.5. The maximum Gasteiger partial charge on any atom is 0.356 e. The van der Waals surface area contributed by atoms with Crippen molar-refractivity contribution in [3.63, 3.8) is 0 Å². The van der Waals surface area contributed by atoms with Crippen LogP contribution in [0.15, 0.2) is 102 Å². The summed E-state index contributed by atoms with van der Waals surface area (Å²) in [6.07, 6.45) is -1.53. The second kappa shape index (κ2) is 13.7. The van der Waals surface area contributed by atoms with E-state index in [0.717, 1.165) is 16.7 Å². The first-order chi connectivity index (χ1) is 19.4. The van der Waals surface area contributed by atoms with E-state index >= 15 is 0 Å². The highest BCUT2D eigenvalue weighted by atomic mass is 79.9. The third kappa shape index (κ3) is 6.87. The highest BCUT2D eigenvalue weighted by Gasteiger charge is 2.53. The molecule has 1 fully saturated rings. The molecular weight excluding hydrogens is 572 g/mol. The number of nitrogens with one attached hydrogen (secondary N) is 1. The minimum absolute atomic E-state index is 0.0213. The van der Waals surface area contributed by atoms with Crippen LogP contribution in [-0.4, -0.2) is 41.6 Å². The van der Waals surface area contributed by atoms with Gasteiger partial charge >= 0.3 is 5.97 Å². The lowest BCUT2D eigenvalue weighted by atomic mass is 9.99. The van der Waals surface area contributed by atoms with E-state index < -0.39 is 30.3 Å². The number of nitrogens with zero attached hydrogens (tertiary/aromatic N) is 1. The van der Waals surface area contributed by atoms with Crippen LogP contribution in [0.4, 0.5) is 0 Å². The van der Waals surface area contributed by atoms with Crippen molar-refractivity contribution in [2.75, 3.05) is 6.61 Å². The van der Waals surface area contributed by atoms with Gasteiger partial charge in [-0.1, -0.05) is 96.9 Å². The number of ether oxygens (including phenoxy) is 2. The molecular formula is C32H29BrN2O5. The fourth-order valence-corrected chi connectivity index (χ4v) is 4.57. The molecule has 1 N–H and O–H groups in total. The molecule has 0 aliphatic carbocycles. The van der Waals surface area contributed by atoms with Gasteiger partial charge in [0.25, 0.3) is 5.91 Å². The van der Waals surface area contributed by atoms with Crippen LogP contribution in [0, 0.1) is 10.8 Å². The van der Waals surface area contributed by atoms with Gasteiger partial charge in [0.05, 0.1) is 6.42 Å². The first-order valence-corrected chi connectivity index (χ1v) is 13.5. The number of likely N-dealkylation sites (tertiary alicyclic amines) is 1. The van der Waals surface area contributed by atoms with Gasteiger partial charge in [0.1, 0.15) is 12.3 Å². The summed E-state index contributed by atoms with van der Waals surface area (Å²) in [6, 6.07) is 27.0. The first kappa shape index (κ1) is 28.8. The van der Waals surface area contributed by atoms with Crippen molar-refractivity contribution in [3.05, 3.63) is 119 Å². The SMILES string of the molecule is CC(C)=C(C(=O)OC(c1ccccc1)c1ccccc1)N1C(=O)[C@H](NC(=O)Cc2ccccc2)[C@H]1OCC#CBr. The molecule has 40 heavy (non-hydrogen) atoms. The Morgan fingerprint density at radius 3 is 2.00 bits per heavy atom. The van der Waals surface area contributed by atoms with Gasteiger partial charge in [-0.2, -0.15) is 0 Å². The number of carbonyl (C=O) groups excluding carboxylic acids is 3. The fourth-order valence-electron chi connectivity index (χ4n) is 4.46. The van der Waals surface area contributed by atoms with Crippen LogP contribution < -0.4 is 5.32 Å². The zero-order valence-electron chi connectivity index (χ0n) is 22.2. The Morgan fingerprint density at radius 1 is 0.925 bits per heavy atom. The topological polar surface area (TPSA) is 84.9 Å². The third-order valence-corrected chi connectivity index (χ3v) is 6.58. The van der Waals surface area contributed by atoms with Crippen molar-refractivity contribution >= 4 is 33.7 Å². The molecule has 0 aromatic heterocycles. The van der Waals surface area contributed by atoms with Gasteiger partial charge in [0.2, 0.25) is 5.91 Å². The van der Waals surface area contributed by atoms with E-state index in [9.17, 15) is 14.4 Å². The van der Waals surface area contributed by atoms with Crippen LogP contribution in [0.1, 0.15) is 36.6 Å². The normalized spacial score (nSPS) is 15.9. The summed E-state index contributed by atoms with van der Waals surface area (Å²) in [5.74, 6) is 1.25. The molecule has 1 heterocycles. The van der Waals surface area contributed by atoms with E-state index in [0.29, 0.717) is 5.57 Å². The van der Waals surface area contributed by atoms with Crippen molar-refractivity contribution in [3.8, 4) is 10.8 Å². The lowest BCUT2D eigenvalue weighted by Gasteiger charge is -2.46. The number of amides is 2. The summed E-state index contributed by atoms with van der Waals surface area (Å²) in [5.41, 5.74) is 3.01. The Labute approximate surface area is 242 Å². The molecule has 3 aromatic rings. The molecule has 1 aliphatic rings. The molecule has 3 aromatic carbocycles. The zero-order valence-corrected chi connectivity index (χ0v) is 23.8. The van der Waals surface area contributed by atoms with Gasteiger partial charge in [0, 0.05) is 15.9 Å². The molecule has 0 saturated carbocycles. The van der Waals surface area contributed by atoms with Gasteiger partial charge in [-0.3, -0.25) is 14.5 Å². The Kier molecular flexibility index (Phi) is 9.90. The van der Waals surface area contributed by atoms with Gasteiger partial charge < -0.3 is 14.8 Å². The number of allylic oxidation sites excluding steroid dienone is 1. The molecule has 7 nitrogen and oxygen atoms in total. The Morgan fingerprint density at radius 2 is 1.48 bits per heavy atom. The molecule has 8 heteroatoms. The average Bonchev–Trinajstić information content (AvgIpc) is 2.97. The standard InChI is InChI=1S/C32H29BrN2O5/c1-22(2)28(32(38)40-29(24-15-8-4-9-16-24)25-17-10-5-11-18-25)35-30(37)27(31(35)39-20-12-19-33)34-26(36)21-23-13-6-3-7-14-23/h3-11,13-18,27,29,31H,20-21H2,1-2H3,(H,34,36)/t27-,31+/m0/s1. The van der Waals surface area contributed by atoms with Crippen LogP contribution in [0.5, 0.6) is 0 Å². The van der Waals surface area contributed by atoms with Crippen LogP contribution in [-0.2, 0) is 30.3 Å². The minimum atomic E-state index is -0.977. The molecule has 1 saturated heterocycles. The third-order valence-electron chi connectivity index (χ3n) is 6.30. The number of halogens is 1. The van der Waals surface area contributed by atoms with E-state index in [2.05, 4.69) is 32.0 Å². The first-order valence-electron chi connectivity index (χ1n) is 12.8. The molecule has 2 atom stereocenters. The molecule has 4 rings (SSSR count). The van der Waals surface area contributed by atoms with Crippen LogP contribution >= 0.6 is 15.9 Å². The lowest BCUT2D eigenvalue weighted by molar-refractivity contribution is -0.180. The van der Waals surface area contributed by atoms with Crippen LogP contribution in [0.25, 0.3) is 0 Å². The quantitative estimate of drug-likeness (QED) is 0.155. The summed E-state index contributed by atoms with van der Waals surface area (Å²) < 4.78 is 11.9. The summed E-state index contributed by atoms with van der Waals surface area (Å²) in [6.45, 7) is 3.42. The number of hydrogen-bond donors (Lipinski definition) is 1. The maximum absolute atomic E-state index is 13.7. The molecule has 1 aliphatic heterocycles. The molecule has 0 unspecified atom stereocenters. The number of carbonyl (C=O) groups is 3. The number of hydrogen-bond acceptors (Lipinski definition) is 5. The highest BCUT2D eigenvalue weighted by Crippen LogP contribution is 2.32. The molecule has 0 spiro atoms. The fraction of sp³-hybridized carbons (Fsp3) is 0.219. The largest absolute Gasteiger partial charge is 0.448 e. The second-order valence-corrected chi connectivity index (χ2v) is 9.74. The van der Waals surface area contributed by atoms with Crippen molar-refractivity contribution in [1.29, 1.82) is 0 Å². The monoisotopic (exact) mass is 600 g/mol. The van der Waals surface area contributed by atoms with E-state index in [1.54, 1.807) is 13.8 Å². The second-order valence-electron chi connectivity index (χ2n) is 9.34. The van der Waals surface area contributed by atoms with Crippen molar-refractivity contribution in [2.24, 2.45) is 0 Å². The van der Waals surface area contributed by atoms with Gasteiger partial charge in [-0.05, 0) is 40.9 Å². The average molecular weight is 601 g/mol. The van der Waals surface area contributed by atoms with Gasteiger partial charge in [-0.25, -0.2) is 4.79 Å². The summed E-state index contributed by atoms with van der Waals surface area (Å²) in [5, 5.41) is 2.76. The Balaban J connectivity index is 1.57. The van der Waals surface area contributed by atoms with Crippen molar-refractivity contribution in [1.82, 2.24) is 10.2 Å². The molecule has 204 valence electrons. The Bertz CT molecular complexity index is 1390. The van der Waals surface area contributed by atoms with E-state index in [4.69, 9.17) is 9.47 Å². The molecule has 0 bridgehead atoms. The van der Waals surface area contributed by atoms with E-state index in [1.807, 2.05) is 91.0 Å².